The second-order valence-corrected chi connectivity index (χ2v) is 7.41. The first kappa shape index (κ1) is 12.6. The third-order valence-corrected chi connectivity index (χ3v) is 6.60. The van der Waals surface area contributed by atoms with E-state index in [1.807, 2.05) is 11.8 Å². The van der Waals surface area contributed by atoms with Crippen LogP contribution in [0.4, 0.5) is 0 Å². The molecule has 1 aromatic rings. The summed E-state index contributed by atoms with van der Waals surface area (Å²) in [6.07, 6.45) is 4.13. The smallest absolute Gasteiger partial charge is 0.0329 e. The minimum Gasteiger partial charge on any atom is -0.310 e. The van der Waals surface area contributed by atoms with E-state index < -0.39 is 0 Å². The molecule has 0 unspecified atom stereocenters. The van der Waals surface area contributed by atoms with Crippen molar-refractivity contribution in [2.24, 2.45) is 11.3 Å². The summed E-state index contributed by atoms with van der Waals surface area (Å²) < 4.78 is 0. The largest absolute Gasteiger partial charge is 0.310 e. The Morgan fingerprint density at radius 3 is 2.78 bits per heavy atom. The topological polar surface area (TPSA) is 12.0 Å². The lowest BCUT2D eigenvalue weighted by Crippen LogP contribution is -2.59. The van der Waals surface area contributed by atoms with E-state index in [2.05, 4.69) is 49.5 Å². The van der Waals surface area contributed by atoms with E-state index in [4.69, 9.17) is 0 Å². The highest BCUT2D eigenvalue weighted by Gasteiger charge is 2.55. The van der Waals surface area contributed by atoms with Crippen LogP contribution in [-0.2, 0) is 0 Å². The number of hydrogen-bond donors (Lipinski definition) is 1. The van der Waals surface area contributed by atoms with Crippen LogP contribution in [0.2, 0.25) is 0 Å². The van der Waals surface area contributed by atoms with Gasteiger partial charge in [-0.05, 0) is 49.3 Å². The Kier molecular flexibility index (Phi) is 3.19. The predicted molar refractivity (Wildman–Crippen MR) is 79.0 cm³/mol. The monoisotopic (exact) mass is 261 g/mol. The summed E-state index contributed by atoms with van der Waals surface area (Å²) in [5, 5.41) is 3.86. The summed E-state index contributed by atoms with van der Waals surface area (Å²) in [6, 6.07) is 10.8. The molecule has 3 rings (SSSR count). The van der Waals surface area contributed by atoms with Crippen LogP contribution in [0.15, 0.2) is 35.2 Å². The van der Waals surface area contributed by atoms with Crippen LogP contribution >= 0.6 is 11.8 Å². The first-order chi connectivity index (χ1) is 8.64. The summed E-state index contributed by atoms with van der Waals surface area (Å²) in [6.45, 7) is 6.16. The van der Waals surface area contributed by atoms with Gasteiger partial charge in [0.25, 0.3) is 0 Å². The van der Waals surface area contributed by atoms with E-state index >= 15 is 0 Å². The maximum atomic E-state index is 3.86. The third-order valence-electron chi connectivity index (χ3n) is 5.36. The first-order valence-corrected chi connectivity index (χ1v) is 8.05. The first-order valence-electron chi connectivity index (χ1n) is 7.07. The highest BCUT2D eigenvalue weighted by atomic mass is 32.2. The van der Waals surface area contributed by atoms with Gasteiger partial charge in [-0.15, -0.1) is 11.8 Å². The minimum absolute atomic E-state index is 0.358. The SMILES string of the molecule is CC1(C)[C@H]2CCN[C@]1(CSc1ccccc1)CC2. The Morgan fingerprint density at radius 2 is 2.00 bits per heavy atom. The molecule has 2 bridgehead atoms. The van der Waals surface area contributed by atoms with Crippen molar-refractivity contribution >= 4 is 11.8 Å². The molecule has 1 aliphatic carbocycles. The zero-order valence-corrected chi connectivity index (χ0v) is 12.2. The molecule has 1 heterocycles. The molecule has 0 amide bonds. The van der Waals surface area contributed by atoms with Crippen molar-refractivity contribution in [3.05, 3.63) is 30.3 Å². The van der Waals surface area contributed by atoms with Crippen LogP contribution in [0.25, 0.3) is 0 Å². The van der Waals surface area contributed by atoms with Gasteiger partial charge in [0.1, 0.15) is 0 Å². The van der Waals surface area contributed by atoms with E-state index in [-0.39, 0.29) is 0 Å². The van der Waals surface area contributed by atoms with Gasteiger partial charge in [0, 0.05) is 16.2 Å². The molecule has 1 aromatic carbocycles. The number of rotatable bonds is 3. The quantitative estimate of drug-likeness (QED) is 0.827. The van der Waals surface area contributed by atoms with Gasteiger partial charge in [0.2, 0.25) is 0 Å². The Morgan fingerprint density at radius 1 is 1.22 bits per heavy atom. The summed E-state index contributed by atoms with van der Waals surface area (Å²) in [5.74, 6) is 2.13. The molecule has 2 aliphatic rings. The molecule has 2 fully saturated rings. The van der Waals surface area contributed by atoms with Gasteiger partial charge in [-0.25, -0.2) is 0 Å². The van der Waals surface area contributed by atoms with Crippen molar-refractivity contribution < 1.29 is 0 Å². The van der Waals surface area contributed by atoms with Gasteiger partial charge < -0.3 is 5.32 Å². The Bertz CT molecular complexity index is 410. The number of benzene rings is 1. The fourth-order valence-electron chi connectivity index (χ4n) is 3.83. The molecule has 0 radical (unpaired) electrons. The third kappa shape index (κ3) is 1.90. The summed E-state index contributed by atoms with van der Waals surface area (Å²) in [7, 11) is 0. The van der Waals surface area contributed by atoms with E-state index in [9.17, 15) is 0 Å². The summed E-state index contributed by atoms with van der Waals surface area (Å²) >= 11 is 2.02. The van der Waals surface area contributed by atoms with Crippen LogP contribution in [-0.4, -0.2) is 17.8 Å². The molecule has 1 N–H and O–H groups in total. The number of nitrogens with one attached hydrogen (secondary N) is 1. The maximum absolute atomic E-state index is 3.86. The Hall–Kier alpha value is -0.470. The molecule has 2 heteroatoms. The van der Waals surface area contributed by atoms with Crippen LogP contribution in [0.1, 0.15) is 33.1 Å². The van der Waals surface area contributed by atoms with E-state index in [1.54, 1.807) is 0 Å². The van der Waals surface area contributed by atoms with E-state index in [0.29, 0.717) is 11.0 Å². The number of fused-ring (bicyclic) bond motifs is 2. The molecule has 2 atom stereocenters. The predicted octanol–water partition coefficient (Wildman–Crippen LogP) is 3.95. The van der Waals surface area contributed by atoms with Gasteiger partial charge in [-0.3, -0.25) is 0 Å². The molecule has 1 aliphatic heterocycles. The number of piperidine rings is 1. The zero-order valence-electron chi connectivity index (χ0n) is 11.4. The van der Waals surface area contributed by atoms with Crippen molar-refractivity contribution in [3.63, 3.8) is 0 Å². The molecular formula is C16H23NS. The van der Waals surface area contributed by atoms with Crippen LogP contribution in [0, 0.1) is 11.3 Å². The highest BCUT2D eigenvalue weighted by molar-refractivity contribution is 7.99. The molecule has 1 saturated heterocycles. The van der Waals surface area contributed by atoms with Crippen molar-refractivity contribution in [2.75, 3.05) is 12.3 Å². The van der Waals surface area contributed by atoms with E-state index in [1.165, 1.54) is 36.5 Å². The second-order valence-electron chi connectivity index (χ2n) is 6.36. The van der Waals surface area contributed by atoms with Crippen molar-refractivity contribution in [1.29, 1.82) is 0 Å². The van der Waals surface area contributed by atoms with E-state index in [0.717, 1.165) is 5.92 Å². The summed E-state index contributed by atoms with van der Waals surface area (Å²) in [5.41, 5.74) is 0.809. The lowest BCUT2D eigenvalue weighted by Gasteiger charge is -2.49. The van der Waals surface area contributed by atoms with Gasteiger partial charge in [-0.1, -0.05) is 32.0 Å². The van der Waals surface area contributed by atoms with Crippen molar-refractivity contribution in [3.8, 4) is 0 Å². The van der Waals surface area contributed by atoms with Gasteiger partial charge in [-0.2, -0.15) is 0 Å². The molecule has 98 valence electrons. The Labute approximate surface area is 115 Å². The van der Waals surface area contributed by atoms with Crippen LogP contribution in [0.5, 0.6) is 0 Å². The molecule has 1 saturated carbocycles. The number of hydrogen-bond acceptors (Lipinski definition) is 2. The van der Waals surface area contributed by atoms with Gasteiger partial charge >= 0.3 is 0 Å². The molecule has 0 spiro atoms. The zero-order chi connectivity index (χ0) is 12.6. The standard InChI is InChI=1S/C16H23NS/c1-15(2)13-8-10-16(15,17-11-9-13)12-18-14-6-4-3-5-7-14/h3-7,13,17H,8-12H2,1-2H3/t13-,16+/m1/s1. The van der Waals surface area contributed by atoms with Gasteiger partial charge in [0.05, 0.1) is 0 Å². The van der Waals surface area contributed by atoms with Gasteiger partial charge in [0.15, 0.2) is 0 Å². The fraction of sp³-hybridized carbons (Fsp3) is 0.625. The van der Waals surface area contributed by atoms with Crippen LogP contribution in [0.3, 0.4) is 0 Å². The Balaban J connectivity index is 1.75. The molecule has 18 heavy (non-hydrogen) atoms. The number of thioether (sulfide) groups is 1. The normalized spacial score (nSPS) is 33.6. The van der Waals surface area contributed by atoms with Crippen molar-refractivity contribution in [2.45, 2.75) is 43.5 Å². The molecule has 1 nitrogen and oxygen atoms in total. The second kappa shape index (κ2) is 4.57. The fourth-order valence-corrected chi connectivity index (χ4v) is 5.21. The maximum Gasteiger partial charge on any atom is 0.0329 e. The lowest BCUT2D eigenvalue weighted by atomic mass is 9.68. The van der Waals surface area contributed by atoms with Crippen molar-refractivity contribution in [1.82, 2.24) is 5.32 Å². The summed E-state index contributed by atoms with van der Waals surface area (Å²) in [4.78, 5) is 1.40. The lowest BCUT2D eigenvalue weighted by molar-refractivity contribution is 0.0907. The molecule has 0 aromatic heterocycles. The average Bonchev–Trinajstić information content (AvgIpc) is 2.57. The molecular weight excluding hydrogens is 238 g/mol. The minimum atomic E-state index is 0.358. The average molecular weight is 261 g/mol. The van der Waals surface area contributed by atoms with Crippen LogP contribution < -0.4 is 5.32 Å². The highest BCUT2D eigenvalue weighted by Crippen LogP contribution is 2.55.